The molecule has 4 nitrogen and oxygen atoms in total. The van der Waals surface area contributed by atoms with Crippen LogP contribution < -0.4 is 0 Å². The normalized spacial score (nSPS) is 12.0. The predicted molar refractivity (Wildman–Crippen MR) is 212 cm³/mol. The molecular formula is C46H38N4. The molecule has 3 aromatic carbocycles. The minimum atomic E-state index is 0.849. The van der Waals surface area contributed by atoms with Crippen molar-refractivity contribution in [2.24, 2.45) is 0 Å². The lowest BCUT2D eigenvalue weighted by atomic mass is 9.91. The number of nitrogens with zero attached hydrogens (tertiary/aromatic N) is 2. The van der Waals surface area contributed by atoms with Gasteiger partial charge in [-0.2, -0.15) is 0 Å². The van der Waals surface area contributed by atoms with Crippen molar-refractivity contribution in [1.82, 2.24) is 19.9 Å². The Bertz CT molecular complexity index is 2600. The Kier molecular flexibility index (Phi) is 7.50. The van der Waals surface area contributed by atoms with E-state index in [-0.39, 0.29) is 0 Å². The number of terminal acetylenes is 1. The van der Waals surface area contributed by atoms with E-state index in [4.69, 9.17) is 16.4 Å². The van der Waals surface area contributed by atoms with Crippen molar-refractivity contribution in [3.63, 3.8) is 0 Å². The molecule has 242 valence electrons. The first-order valence-corrected chi connectivity index (χ1v) is 17.0. The third kappa shape index (κ3) is 5.47. The predicted octanol–water partition coefficient (Wildman–Crippen LogP) is 11.5. The molecule has 0 spiro atoms. The highest BCUT2D eigenvalue weighted by atomic mass is 14.8. The third-order valence-electron chi connectivity index (χ3n) is 9.73. The summed E-state index contributed by atoms with van der Waals surface area (Å²) in [4.78, 5) is 18.1. The molecule has 0 atom stereocenters. The fourth-order valence-corrected chi connectivity index (χ4v) is 7.81. The molecule has 50 heavy (non-hydrogen) atoms. The molecule has 0 aliphatic carbocycles. The number of H-pyrrole nitrogens is 2. The van der Waals surface area contributed by atoms with Gasteiger partial charge < -0.3 is 9.97 Å². The van der Waals surface area contributed by atoms with Crippen LogP contribution in [0.5, 0.6) is 0 Å². The number of nitrogens with one attached hydrogen (secondary N) is 2. The van der Waals surface area contributed by atoms with Crippen LogP contribution in [0.15, 0.2) is 78.9 Å². The van der Waals surface area contributed by atoms with Gasteiger partial charge in [0.05, 0.1) is 28.3 Å². The van der Waals surface area contributed by atoms with Crippen molar-refractivity contribution in [2.75, 3.05) is 0 Å². The lowest BCUT2D eigenvalue weighted by molar-refractivity contribution is 1.28. The van der Waals surface area contributed by atoms with Crippen molar-refractivity contribution in [3.05, 3.63) is 141 Å². The van der Waals surface area contributed by atoms with Crippen LogP contribution in [0.25, 0.3) is 79.8 Å². The molecule has 3 aromatic heterocycles. The lowest BCUT2D eigenvalue weighted by Crippen LogP contribution is -1.94. The SMILES string of the molecule is C#Cc1ccc(-c2cc3cc4nc(c(-c5c(C)cc(C)cc5C)c5ccc(cc6nc(c(-c7c(C)cc(C)cc7C)c2[nH]3)C=C6)[nH]5)C=C4)cc1. The van der Waals surface area contributed by atoms with Crippen LogP contribution in [0.2, 0.25) is 0 Å². The van der Waals surface area contributed by atoms with Crippen LogP contribution >= 0.6 is 0 Å². The maximum atomic E-state index is 5.74. The molecule has 0 amide bonds. The van der Waals surface area contributed by atoms with Gasteiger partial charge in [0.15, 0.2) is 0 Å². The molecule has 0 unspecified atom stereocenters. The Balaban J connectivity index is 1.53. The van der Waals surface area contributed by atoms with Gasteiger partial charge in [0.25, 0.3) is 0 Å². The summed E-state index contributed by atoms with van der Waals surface area (Å²) in [6.45, 7) is 13.1. The number of benzene rings is 3. The Morgan fingerprint density at radius 3 is 1.64 bits per heavy atom. The minimum absolute atomic E-state index is 0.849. The molecule has 4 heteroatoms. The number of hydrogen-bond donors (Lipinski definition) is 2. The molecule has 2 N–H and O–H groups in total. The van der Waals surface area contributed by atoms with Crippen molar-refractivity contribution in [2.45, 2.75) is 41.5 Å². The zero-order valence-electron chi connectivity index (χ0n) is 29.3. The van der Waals surface area contributed by atoms with Gasteiger partial charge in [-0.3, -0.25) is 0 Å². The second-order valence-corrected chi connectivity index (χ2v) is 13.7. The standard InChI is InChI=1S/C46H38N4/c1-8-32-9-11-33(12-10-32)38-25-37-24-36-14-17-40(48-36)44(42-28(4)19-26(2)20-29(42)5)39-16-13-34(47-39)23-35-15-18-41(49-35)45(46(38)50-37)43-30(6)21-27(3)22-31(43)7/h1,9-25,47,50H,2-7H3. The van der Waals surface area contributed by atoms with Gasteiger partial charge in [-0.15, -0.1) is 6.42 Å². The van der Waals surface area contributed by atoms with Crippen molar-refractivity contribution in [3.8, 4) is 45.7 Å². The summed E-state index contributed by atoms with van der Waals surface area (Å²) in [5.41, 5.74) is 22.4. The average Bonchev–Trinajstić information content (AvgIpc) is 3.89. The number of rotatable bonds is 3. The van der Waals surface area contributed by atoms with Crippen LogP contribution in [0.1, 0.15) is 61.7 Å². The highest BCUT2D eigenvalue weighted by Gasteiger charge is 2.20. The average molecular weight is 647 g/mol. The van der Waals surface area contributed by atoms with Gasteiger partial charge in [0, 0.05) is 38.8 Å². The summed E-state index contributed by atoms with van der Waals surface area (Å²) < 4.78 is 0. The molecule has 0 fully saturated rings. The first kappa shape index (κ1) is 31.1. The number of aromatic nitrogens is 4. The van der Waals surface area contributed by atoms with E-state index in [1.54, 1.807) is 0 Å². The van der Waals surface area contributed by atoms with Crippen LogP contribution in [-0.2, 0) is 0 Å². The van der Waals surface area contributed by atoms with Crippen LogP contribution in [0.4, 0.5) is 0 Å². The molecule has 2 aliphatic rings. The van der Waals surface area contributed by atoms with E-state index in [1.807, 2.05) is 12.1 Å². The number of hydrogen-bond acceptors (Lipinski definition) is 2. The van der Waals surface area contributed by atoms with E-state index in [9.17, 15) is 0 Å². The zero-order chi connectivity index (χ0) is 34.7. The summed E-state index contributed by atoms with van der Waals surface area (Å²) in [7, 11) is 0. The van der Waals surface area contributed by atoms with E-state index >= 15 is 0 Å². The molecule has 5 heterocycles. The first-order valence-electron chi connectivity index (χ1n) is 17.0. The molecular weight excluding hydrogens is 609 g/mol. The highest BCUT2D eigenvalue weighted by molar-refractivity contribution is 6.01. The largest absolute Gasteiger partial charge is 0.355 e. The van der Waals surface area contributed by atoms with Crippen LogP contribution in [0, 0.1) is 53.9 Å². The topological polar surface area (TPSA) is 57.4 Å². The lowest BCUT2D eigenvalue weighted by Gasteiger charge is -2.14. The van der Waals surface area contributed by atoms with E-state index in [0.29, 0.717) is 0 Å². The number of fused-ring (bicyclic) bond motifs is 8. The Morgan fingerprint density at radius 1 is 0.520 bits per heavy atom. The van der Waals surface area contributed by atoms with E-state index < -0.39 is 0 Å². The van der Waals surface area contributed by atoms with E-state index in [1.165, 1.54) is 44.5 Å². The van der Waals surface area contributed by atoms with Gasteiger partial charge >= 0.3 is 0 Å². The Labute approximate surface area is 293 Å². The van der Waals surface area contributed by atoms with Gasteiger partial charge in [-0.25, -0.2) is 9.97 Å². The minimum Gasteiger partial charge on any atom is -0.355 e. The summed E-state index contributed by atoms with van der Waals surface area (Å²) in [5.74, 6) is 2.76. The summed E-state index contributed by atoms with van der Waals surface area (Å²) >= 11 is 0. The monoisotopic (exact) mass is 646 g/mol. The molecule has 6 aromatic rings. The molecule has 8 bridgehead atoms. The zero-order valence-corrected chi connectivity index (χ0v) is 29.3. The number of aromatic amines is 2. The van der Waals surface area contributed by atoms with E-state index in [2.05, 4.69) is 148 Å². The fourth-order valence-electron chi connectivity index (χ4n) is 7.81. The fraction of sp³-hybridized carbons (Fsp3) is 0.130. The molecule has 0 radical (unpaired) electrons. The van der Waals surface area contributed by atoms with Crippen molar-refractivity contribution in [1.29, 1.82) is 0 Å². The quantitative estimate of drug-likeness (QED) is 0.188. The second kappa shape index (κ2) is 12.1. The van der Waals surface area contributed by atoms with Crippen LogP contribution in [0.3, 0.4) is 0 Å². The van der Waals surface area contributed by atoms with Crippen molar-refractivity contribution < 1.29 is 0 Å². The van der Waals surface area contributed by atoms with Gasteiger partial charge in [-0.1, -0.05) is 53.4 Å². The molecule has 2 aliphatic heterocycles. The van der Waals surface area contributed by atoms with Gasteiger partial charge in [0.1, 0.15) is 0 Å². The summed E-state index contributed by atoms with van der Waals surface area (Å²) in [6.07, 6.45) is 14.2. The third-order valence-corrected chi connectivity index (χ3v) is 9.73. The highest BCUT2D eigenvalue weighted by Crippen LogP contribution is 2.40. The van der Waals surface area contributed by atoms with Gasteiger partial charge in [-0.05, 0) is 147 Å². The summed E-state index contributed by atoms with van der Waals surface area (Å²) in [6, 6.07) is 28.0. The maximum absolute atomic E-state index is 5.74. The Hall–Kier alpha value is -6.18. The van der Waals surface area contributed by atoms with Crippen molar-refractivity contribution >= 4 is 46.4 Å². The molecule has 0 saturated heterocycles. The first-order chi connectivity index (χ1) is 24.1. The van der Waals surface area contributed by atoms with Gasteiger partial charge in [0.2, 0.25) is 0 Å². The summed E-state index contributed by atoms with van der Waals surface area (Å²) in [5, 5.41) is 0. The van der Waals surface area contributed by atoms with E-state index in [0.717, 1.165) is 72.7 Å². The number of aryl methyl sites for hydroxylation is 6. The Morgan fingerprint density at radius 2 is 1.06 bits per heavy atom. The second-order valence-electron chi connectivity index (χ2n) is 13.7. The maximum Gasteiger partial charge on any atom is 0.0737 e. The molecule has 8 rings (SSSR count). The molecule has 0 saturated carbocycles. The smallest absolute Gasteiger partial charge is 0.0737 e. The van der Waals surface area contributed by atoms with Crippen LogP contribution in [-0.4, -0.2) is 19.9 Å².